The standard InChI is InChI=1S/C12H10ClN5O/c1-6-10(15)11(18-17-6)12(19)16-9-4-7(5-14)2-3-8(9)13/h2-4H,15H2,1H3,(H,16,19)(H,17,18). The third kappa shape index (κ3) is 2.51. The Kier molecular flexibility index (Phi) is 3.40. The molecule has 1 heterocycles. The van der Waals surface area contributed by atoms with Crippen molar-refractivity contribution in [3.63, 3.8) is 0 Å². The van der Waals surface area contributed by atoms with Crippen molar-refractivity contribution in [1.82, 2.24) is 10.2 Å². The van der Waals surface area contributed by atoms with E-state index in [0.717, 1.165) is 0 Å². The van der Waals surface area contributed by atoms with Crippen LogP contribution in [0.15, 0.2) is 18.2 Å². The molecule has 1 aromatic carbocycles. The molecule has 0 radical (unpaired) electrons. The zero-order valence-corrected chi connectivity index (χ0v) is 10.7. The van der Waals surface area contributed by atoms with E-state index in [0.29, 0.717) is 22.0 Å². The van der Waals surface area contributed by atoms with Crippen LogP contribution >= 0.6 is 11.6 Å². The first-order valence-electron chi connectivity index (χ1n) is 5.34. The fourth-order valence-corrected chi connectivity index (χ4v) is 1.65. The van der Waals surface area contributed by atoms with Crippen LogP contribution < -0.4 is 11.1 Å². The zero-order chi connectivity index (χ0) is 14.0. The van der Waals surface area contributed by atoms with Crippen molar-refractivity contribution in [2.24, 2.45) is 0 Å². The minimum absolute atomic E-state index is 0.0935. The van der Waals surface area contributed by atoms with Gasteiger partial charge in [0.05, 0.1) is 33.7 Å². The lowest BCUT2D eigenvalue weighted by atomic mass is 10.2. The predicted molar refractivity (Wildman–Crippen MR) is 71.9 cm³/mol. The van der Waals surface area contributed by atoms with Gasteiger partial charge in [0, 0.05) is 0 Å². The van der Waals surface area contributed by atoms with E-state index in [1.807, 2.05) is 6.07 Å². The van der Waals surface area contributed by atoms with Gasteiger partial charge in [-0.25, -0.2) is 0 Å². The molecule has 0 spiro atoms. The third-order valence-electron chi connectivity index (χ3n) is 2.55. The van der Waals surface area contributed by atoms with Gasteiger partial charge in [-0.1, -0.05) is 11.6 Å². The second-order valence-electron chi connectivity index (χ2n) is 3.87. The average molecular weight is 276 g/mol. The Hall–Kier alpha value is -2.52. The van der Waals surface area contributed by atoms with Crippen LogP contribution in [0.25, 0.3) is 0 Å². The van der Waals surface area contributed by atoms with E-state index in [1.165, 1.54) is 12.1 Å². The molecule has 0 unspecified atom stereocenters. The molecular formula is C12H10ClN5O. The van der Waals surface area contributed by atoms with Gasteiger partial charge < -0.3 is 11.1 Å². The minimum Gasteiger partial charge on any atom is -0.395 e. The molecule has 1 amide bonds. The quantitative estimate of drug-likeness (QED) is 0.780. The number of amides is 1. The first-order chi connectivity index (χ1) is 9.02. The number of aromatic nitrogens is 2. The van der Waals surface area contributed by atoms with Crippen LogP contribution in [0.1, 0.15) is 21.7 Å². The Labute approximate surface area is 114 Å². The maximum Gasteiger partial charge on any atom is 0.278 e. The number of nitrogens with two attached hydrogens (primary N) is 1. The predicted octanol–water partition coefficient (Wildman–Crippen LogP) is 2.08. The molecule has 0 fully saturated rings. The number of carbonyl (C=O) groups is 1. The molecule has 0 aliphatic carbocycles. The molecule has 96 valence electrons. The number of H-pyrrole nitrogens is 1. The second-order valence-corrected chi connectivity index (χ2v) is 4.28. The van der Waals surface area contributed by atoms with Gasteiger partial charge in [0.2, 0.25) is 0 Å². The number of nitrogens with one attached hydrogen (secondary N) is 2. The molecule has 4 N–H and O–H groups in total. The van der Waals surface area contributed by atoms with Crippen molar-refractivity contribution in [2.45, 2.75) is 6.92 Å². The van der Waals surface area contributed by atoms with Gasteiger partial charge in [-0.05, 0) is 25.1 Å². The summed E-state index contributed by atoms with van der Waals surface area (Å²) in [6, 6.07) is 6.55. The van der Waals surface area contributed by atoms with Gasteiger partial charge in [0.1, 0.15) is 0 Å². The number of rotatable bonds is 2. The molecule has 2 aromatic rings. The molecule has 7 heteroatoms. The Morgan fingerprint density at radius 1 is 1.58 bits per heavy atom. The lowest BCUT2D eigenvalue weighted by Gasteiger charge is -2.06. The highest BCUT2D eigenvalue weighted by molar-refractivity contribution is 6.34. The Balaban J connectivity index is 2.29. The number of aromatic amines is 1. The molecule has 6 nitrogen and oxygen atoms in total. The number of aryl methyl sites for hydroxylation is 1. The van der Waals surface area contributed by atoms with Gasteiger partial charge in [0.25, 0.3) is 5.91 Å². The third-order valence-corrected chi connectivity index (χ3v) is 2.88. The maximum absolute atomic E-state index is 12.0. The number of nitrogens with zero attached hydrogens (tertiary/aromatic N) is 2. The highest BCUT2D eigenvalue weighted by Gasteiger charge is 2.16. The Morgan fingerprint density at radius 2 is 2.32 bits per heavy atom. The summed E-state index contributed by atoms with van der Waals surface area (Å²) in [4.78, 5) is 12.0. The molecule has 19 heavy (non-hydrogen) atoms. The molecule has 0 bridgehead atoms. The van der Waals surface area contributed by atoms with Gasteiger partial charge in [-0.3, -0.25) is 9.89 Å². The molecular weight excluding hydrogens is 266 g/mol. The fraction of sp³-hybridized carbons (Fsp3) is 0.0833. The van der Waals surface area contributed by atoms with Crippen LogP contribution in [-0.2, 0) is 0 Å². The van der Waals surface area contributed by atoms with Crippen LogP contribution in [-0.4, -0.2) is 16.1 Å². The summed E-state index contributed by atoms with van der Waals surface area (Å²) in [5, 5.41) is 18.1. The first-order valence-corrected chi connectivity index (χ1v) is 5.72. The van der Waals surface area contributed by atoms with Crippen LogP contribution in [0, 0.1) is 18.3 Å². The average Bonchev–Trinajstić information content (AvgIpc) is 2.73. The molecule has 1 aromatic heterocycles. The topological polar surface area (TPSA) is 108 Å². The van der Waals surface area contributed by atoms with E-state index < -0.39 is 5.91 Å². The van der Waals surface area contributed by atoms with Crippen molar-refractivity contribution < 1.29 is 4.79 Å². The number of nitriles is 1. The van der Waals surface area contributed by atoms with Crippen molar-refractivity contribution in [2.75, 3.05) is 11.1 Å². The second kappa shape index (κ2) is 5.00. The summed E-state index contributed by atoms with van der Waals surface area (Å²) >= 11 is 5.95. The summed E-state index contributed by atoms with van der Waals surface area (Å²) < 4.78 is 0. The van der Waals surface area contributed by atoms with E-state index in [-0.39, 0.29) is 11.4 Å². The SMILES string of the molecule is Cc1[nH]nc(C(=O)Nc2cc(C#N)ccc2Cl)c1N. The van der Waals surface area contributed by atoms with Gasteiger partial charge >= 0.3 is 0 Å². The molecule has 0 saturated carbocycles. The largest absolute Gasteiger partial charge is 0.395 e. The number of hydrogen-bond acceptors (Lipinski definition) is 4. The summed E-state index contributed by atoms with van der Waals surface area (Å²) in [5.74, 6) is -0.487. The lowest BCUT2D eigenvalue weighted by molar-refractivity contribution is 0.102. The molecule has 0 aliphatic heterocycles. The number of carbonyl (C=O) groups excluding carboxylic acids is 1. The van der Waals surface area contributed by atoms with E-state index in [1.54, 1.807) is 13.0 Å². The van der Waals surface area contributed by atoms with Crippen LogP contribution in [0.3, 0.4) is 0 Å². The number of halogens is 1. The smallest absolute Gasteiger partial charge is 0.278 e. The summed E-state index contributed by atoms with van der Waals surface area (Å²) in [7, 11) is 0. The van der Waals surface area contributed by atoms with Crippen LogP contribution in [0.5, 0.6) is 0 Å². The molecule has 0 atom stereocenters. The number of anilines is 2. The van der Waals surface area contributed by atoms with Crippen LogP contribution in [0.4, 0.5) is 11.4 Å². The Bertz CT molecular complexity index is 686. The number of nitrogen functional groups attached to an aromatic ring is 1. The first kappa shape index (κ1) is 12.9. The minimum atomic E-state index is -0.487. The highest BCUT2D eigenvalue weighted by atomic mass is 35.5. The molecule has 0 aliphatic rings. The van der Waals surface area contributed by atoms with Crippen molar-refractivity contribution in [3.8, 4) is 6.07 Å². The van der Waals surface area contributed by atoms with Crippen molar-refractivity contribution in [3.05, 3.63) is 40.2 Å². The zero-order valence-electron chi connectivity index (χ0n) is 9.99. The lowest BCUT2D eigenvalue weighted by Crippen LogP contribution is -2.14. The van der Waals surface area contributed by atoms with E-state index in [2.05, 4.69) is 15.5 Å². The van der Waals surface area contributed by atoms with Crippen molar-refractivity contribution >= 4 is 28.9 Å². The summed E-state index contributed by atoms with van der Waals surface area (Å²) in [6.45, 7) is 1.71. The van der Waals surface area contributed by atoms with Crippen molar-refractivity contribution in [1.29, 1.82) is 5.26 Å². The molecule has 0 saturated heterocycles. The monoisotopic (exact) mass is 275 g/mol. The van der Waals surface area contributed by atoms with Gasteiger partial charge in [-0.2, -0.15) is 10.4 Å². The van der Waals surface area contributed by atoms with Gasteiger partial charge in [-0.15, -0.1) is 0 Å². The van der Waals surface area contributed by atoms with E-state index in [4.69, 9.17) is 22.6 Å². The normalized spacial score (nSPS) is 9.95. The highest BCUT2D eigenvalue weighted by Crippen LogP contribution is 2.24. The number of benzene rings is 1. The molecule has 2 rings (SSSR count). The van der Waals surface area contributed by atoms with Crippen LogP contribution in [0.2, 0.25) is 5.02 Å². The fourth-order valence-electron chi connectivity index (χ4n) is 1.48. The van der Waals surface area contributed by atoms with Gasteiger partial charge in [0.15, 0.2) is 5.69 Å². The van der Waals surface area contributed by atoms with E-state index >= 15 is 0 Å². The van der Waals surface area contributed by atoms with E-state index in [9.17, 15) is 4.79 Å². The maximum atomic E-state index is 12.0. The summed E-state index contributed by atoms with van der Waals surface area (Å²) in [5.41, 5.74) is 7.43. The Morgan fingerprint density at radius 3 is 2.89 bits per heavy atom. The number of hydrogen-bond donors (Lipinski definition) is 3. The summed E-state index contributed by atoms with van der Waals surface area (Å²) in [6.07, 6.45) is 0.